The highest BCUT2D eigenvalue weighted by Crippen LogP contribution is 2.40. The number of aryl methyl sites for hydroxylation is 3. The van der Waals surface area contributed by atoms with Gasteiger partial charge in [0.1, 0.15) is 7.05 Å². The average Bonchev–Trinajstić information content (AvgIpc) is 3.29. The van der Waals surface area contributed by atoms with Crippen LogP contribution in [0.4, 0.5) is 0 Å². The number of pyridine rings is 1. The molecule has 0 saturated heterocycles. The maximum atomic E-state index is 2.48. The lowest BCUT2D eigenvalue weighted by Crippen LogP contribution is -2.33. The summed E-state index contributed by atoms with van der Waals surface area (Å²) >= 11 is 0. The predicted octanol–water partition coefficient (Wildman–Crippen LogP) is 9.50. The molecule has 0 saturated carbocycles. The molecule has 0 atom stereocenters. The maximum absolute atomic E-state index is 2.48. The van der Waals surface area contributed by atoms with Crippen molar-refractivity contribution in [3.05, 3.63) is 120 Å². The van der Waals surface area contributed by atoms with Crippen LogP contribution in [0.2, 0.25) is 0 Å². The molecule has 0 amide bonds. The Labute approximate surface area is 236 Å². The molecule has 2 nitrogen and oxygen atoms in total. The number of benzene rings is 5. The van der Waals surface area contributed by atoms with Gasteiger partial charge in [-0.25, -0.2) is 0 Å². The fourth-order valence-corrected chi connectivity index (χ4v) is 6.73. The zero-order valence-electron chi connectivity index (χ0n) is 24.2. The fraction of sp³-hybridized carbons (Fsp3) is 0.184. The van der Waals surface area contributed by atoms with Crippen LogP contribution >= 0.6 is 0 Å². The van der Waals surface area contributed by atoms with Crippen molar-refractivity contribution < 1.29 is 4.57 Å². The highest BCUT2D eigenvalue weighted by molar-refractivity contribution is 6.12. The third-order valence-electron chi connectivity index (χ3n) is 8.72. The van der Waals surface area contributed by atoms with Crippen molar-refractivity contribution >= 4 is 43.5 Å². The molecule has 0 unspecified atom stereocenters. The van der Waals surface area contributed by atoms with E-state index in [1.54, 1.807) is 0 Å². The molecule has 0 spiro atoms. The number of rotatable bonds is 2. The van der Waals surface area contributed by atoms with Crippen LogP contribution in [0.1, 0.15) is 37.5 Å². The molecule has 0 fully saturated rings. The molecule has 0 radical (unpaired) electrons. The molecule has 0 aliphatic heterocycles. The fourth-order valence-electron chi connectivity index (χ4n) is 6.73. The minimum absolute atomic E-state index is 0.0185. The third kappa shape index (κ3) is 3.52. The Morgan fingerprint density at radius 2 is 1.25 bits per heavy atom. The topological polar surface area (TPSA) is 8.81 Å². The van der Waals surface area contributed by atoms with Gasteiger partial charge in [-0.15, -0.1) is 0 Å². The lowest BCUT2D eigenvalue weighted by atomic mass is 9.80. The monoisotopic (exact) mass is 519 g/mol. The first kappa shape index (κ1) is 24.6. The van der Waals surface area contributed by atoms with E-state index in [0.717, 1.165) is 0 Å². The summed E-state index contributed by atoms with van der Waals surface area (Å²) in [6, 6.07) is 38.1. The summed E-state index contributed by atoms with van der Waals surface area (Å²) in [4.78, 5) is 0. The Kier molecular flexibility index (Phi) is 5.41. The van der Waals surface area contributed by atoms with Crippen LogP contribution in [0.3, 0.4) is 0 Å². The Morgan fingerprint density at radius 1 is 0.625 bits per heavy atom. The Hall–Kier alpha value is -4.43. The van der Waals surface area contributed by atoms with Crippen molar-refractivity contribution in [2.24, 2.45) is 7.05 Å². The van der Waals surface area contributed by atoms with Gasteiger partial charge in [0.05, 0.1) is 27.7 Å². The number of hydrogen-bond donors (Lipinski definition) is 0. The molecule has 196 valence electrons. The second-order valence-corrected chi connectivity index (χ2v) is 12.2. The SMILES string of the molecule is Cc1c(-c2cc(-n3c4ccccc4c4c(C)cccc43)c3ccccc3[n+]2C)cc(C(C)(C)C)c2ccccc12. The van der Waals surface area contributed by atoms with E-state index in [1.807, 2.05) is 0 Å². The Balaban J connectivity index is 1.65. The minimum Gasteiger partial charge on any atom is -0.308 e. The summed E-state index contributed by atoms with van der Waals surface area (Å²) in [5.74, 6) is 0. The number of nitrogens with zero attached hydrogens (tertiary/aromatic N) is 2. The second kappa shape index (κ2) is 8.79. The molecule has 7 rings (SSSR count). The van der Waals surface area contributed by atoms with E-state index >= 15 is 0 Å². The van der Waals surface area contributed by atoms with Crippen molar-refractivity contribution in [2.75, 3.05) is 0 Å². The molecule has 5 aromatic carbocycles. The van der Waals surface area contributed by atoms with Crippen molar-refractivity contribution in [1.29, 1.82) is 0 Å². The third-order valence-corrected chi connectivity index (χ3v) is 8.72. The first-order valence-electron chi connectivity index (χ1n) is 14.2. The molecule has 7 aromatic rings. The molecular formula is C38H35N2+. The molecule has 0 bridgehead atoms. The van der Waals surface area contributed by atoms with Gasteiger partial charge in [-0.3, -0.25) is 0 Å². The smallest absolute Gasteiger partial charge is 0.215 e. The first-order chi connectivity index (χ1) is 19.3. The normalized spacial score (nSPS) is 12.2. The summed E-state index contributed by atoms with van der Waals surface area (Å²) in [5, 5.41) is 6.54. The number of para-hydroxylation sites is 2. The summed E-state index contributed by atoms with van der Waals surface area (Å²) < 4.78 is 4.85. The van der Waals surface area contributed by atoms with Crippen LogP contribution in [0.15, 0.2) is 103 Å². The number of aromatic nitrogens is 2. The summed E-state index contributed by atoms with van der Waals surface area (Å²) in [6.07, 6.45) is 0. The number of fused-ring (bicyclic) bond motifs is 5. The Morgan fingerprint density at radius 3 is 2.00 bits per heavy atom. The number of hydrogen-bond acceptors (Lipinski definition) is 0. The zero-order chi connectivity index (χ0) is 27.8. The van der Waals surface area contributed by atoms with Gasteiger partial charge in [-0.05, 0) is 71.0 Å². The average molecular weight is 520 g/mol. The van der Waals surface area contributed by atoms with Gasteiger partial charge in [0.2, 0.25) is 11.2 Å². The van der Waals surface area contributed by atoms with Crippen LogP contribution in [-0.4, -0.2) is 4.57 Å². The van der Waals surface area contributed by atoms with E-state index in [0.29, 0.717) is 0 Å². The molecule has 0 N–H and O–H groups in total. The predicted molar refractivity (Wildman–Crippen MR) is 171 cm³/mol. The molecular weight excluding hydrogens is 484 g/mol. The summed E-state index contributed by atoms with van der Waals surface area (Å²) in [5.41, 5.74) is 11.5. The molecule has 2 heterocycles. The standard InChI is InChI=1S/C38H35N2/c1-24-14-13-21-34-37(24)29-18-10-12-20-33(29)40(34)36-23-35(39(6)32-19-11-9-17-28(32)36)30-22-31(38(3,4)5)27-16-8-7-15-26(27)25(30)2/h7-23H,1-6H3/q+1. The van der Waals surface area contributed by atoms with Gasteiger partial charge in [-0.2, -0.15) is 4.57 Å². The largest absolute Gasteiger partial charge is 0.308 e. The maximum Gasteiger partial charge on any atom is 0.215 e. The van der Waals surface area contributed by atoms with Crippen molar-refractivity contribution in [1.82, 2.24) is 4.57 Å². The molecule has 40 heavy (non-hydrogen) atoms. The van der Waals surface area contributed by atoms with E-state index < -0.39 is 0 Å². The molecule has 2 heteroatoms. The van der Waals surface area contributed by atoms with Crippen molar-refractivity contribution in [2.45, 2.75) is 40.0 Å². The van der Waals surface area contributed by atoms with Crippen LogP contribution in [0.25, 0.3) is 60.4 Å². The van der Waals surface area contributed by atoms with E-state index in [2.05, 4.69) is 154 Å². The van der Waals surface area contributed by atoms with Gasteiger partial charge in [-0.1, -0.05) is 87.5 Å². The summed E-state index contributed by atoms with van der Waals surface area (Å²) in [6.45, 7) is 11.5. The quantitative estimate of drug-likeness (QED) is 0.201. The van der Waals surface area contributed by atoms with Gasteiger partial charge >= 0.3 is 0 Å². The molecule has 2 aromatic heterocycles. The second-order valence-electron chi connectivity index (χ2n) is 12.2. The highest BCUT2D eigenvalue weighted by Gasteiger charge is 2.26. The highest BCUT2D eigenvalue weighted by atomic mass is 15.0. The zero-order valence-corrected chi connectivity index (χ0v) is 24.2. The molecule has 0 aliphatic rings. The van der Waals surface area contributed by atoms with Crippen LogP contribution in [0, 0.1) is 13.8 Å². The Bertz CT molecular complexity index is 2120. The van der Waals surface area contributed by atoms with Gasteiger partial charge in [0.25, 0.3) is 0 Å². The van der Waals surface area contributed by atoms with E-state index in [-0.39, 0.29) is 5.41 Å². The molecule has 0 aliphatic carbocycles. The van der Waals surface area contributed by atoms with Crippen molar-refractivity contribution in [3.63, 3.8) is 0 Å². The van der Waals surface area contributed by atoms with Gasteiger partial charge < -0.3 is 4.57 Å². The lowest BCUT2D eigenvalue weighted by molar-refractivity contribution is -0.633. The van der Waals surface area contributed by atoms with Crippen LogP contribution < -0.4 is 4.57 Å². The van der Waals surface area contributed by atoms with Crippen LogP contribution in [-0.2, 0) is 12.5 Å². The van der Waals surface area contributed by atoms with E-state index in [4.69, 9.17) is 0 Å². The van der Waals surface area contributed by atoms with Gasteiger partial charge in [0, 0.05) is 22.9 Å². The first-order valence-corrected chi connectivity index (χ1v) is 14.2. The van der Waals surface area contributed by atoms with Crippen LogP contribution in [0.5, 0.6) is 0 Å². The summed E-state index contributed by atoms with van der Waals surface area (Å²) in [7, 11) is 2.21. The van der Waals surface area contributed by atoms with E-state index in [1.165, 1.54) is 77.1 Å². The van der Waals surface area contributed by atoms with Gasteiger partial charge in [0.15, 0.2) is 0 Å². The minimum atomic E-state index is 0.0185. The lowest BCUT2D eigenvalue weighted by Gasteiger charge is -2.24. The van der Waals surface area contributed by atoms with Crippen molar-refractivity contribution in [3.8, 4) is 16.9 Å². The van der Waals surface area contributed by atoms with E-state index in [9.17, 15) is 0 Å².